The molecule has 0 radical (unpaired) electrons. The van der Waals surface area contributed by atoms with Gasteiger partial charge in [-0.1, -0.05) is 29.3 Å². The Morgan fingerprint density at radius 1 is 1.19 bits per heavy atom. The number of nitrogens with zero attached hydrogens (tertiary/aromatic N) is 2. The normalized spacial score (nSPS) is 11.8. The van der Waals surface area contributed by atoms with Crippen LogP contribution in [0.25, 0.3) is 10.6 Å². The van der Waals surface area contributed by atoms with E-state index in [0.29, 0.717) is 17.1 Å². The number of benzene rings is 1. The topological polar surface area (TPSA) is 64.0 Å². The number of sulfonamides is 1. The molecular weight excluding hydrogens is 413 g/mol. The Bertz CT molecular complexity index is 1030. The van der Waals surface area contributed by atoms with Crippen molar-refractivity contribution in [1.82, 2.24) is 14.5 Å². The molecule has 138 valence electrons. The van der Waals surface area contributed by atoms with Crippen LogP contribution in [0.3, 0.4) is 0 Å². The maximum atomic E-state index is 12.5. The minimum Gasteiger partial charge on any atom is -0.268 e. The zero-order valence-electron chi connectivity index (χ0n) is 14.2. The summed E-state index contributed by atoms with van der Waals surface area (Å²) in [6, 6.07) is 8.88. The zero-order valence-corrected chi connectivity index (χ0v) is 17.3. The third-order valence-electron chi connectivity index (χ3n) is 3.87. The number of halogens is 2. The fourth-order valence-corrected chi connectivity index (χ4v) is 5.01. The Hall–Kier alpha value is -1.38. The molecular formula is C17H17Cl2N3O2S2. The summed E-state index contributed by atoms with van der Waals surface area (Å²) in [5.41, 5.74) is 2.50. The van der Waals surface area contributed by atoms with Crippen molar-refractivity contribution < 1.29 is 8.42 Å². The van der Waals surface area contributed by atoms with Gasteiger partial charge in [0.1, 0.15) is 10.6 Å². The van der Waals surface area contributed by atoms with E-state index in [0.717, 1.165) is 16.3 Å². The smallest absolute Gasteiger partial charge is 0.242 e. The largest absolute Gasteiger partial charge is 0.268 e. The summed E-state index contributed by atoms with van der Waals surface area (Å²) in [6.45, 7) is 4.29. The third-order valence-corrected chi connectivity index (χ3v) is 7.10. The van der Waals surface area contributed by atoms with Crippen LogP contribution in [0.5, 0.6) is 0 Å². The molecule has 0 aliphatic rings. The van der Waals surface area contributed by atoms with Crippen molar-refractivity contribution in [2.24, 2.45) is 0 Å². The molecule has 9 heteroatoms. The van der Waals surface area contributed by atoms with Crippen molar-refractivity contribution in [3.05, 3.63) is 57.0 Å². The molecule has 0 saturated heterocycles. The summed E-state index contributed by atoms with van der Waals surface area (Å²) in [7, 11) is -3.73. The van der Waals surface area contributed by atoms with E-state index in [4.69, 9.17) is 23.2 Å². The Morgan fingerprint density at radius 3 is 2.65 bits per heavy atom. The monoisotopic (exact) mass is 429 g/mol. The van der Waals surface area contributed by atoms with Gasteiger partial charge in [-0.15, -0.1) is 11.3 Å². The van der Waals surface area contributed by atoms with Crippen LogP contribution in [-0.2, 0) is 16.6 Å². The van der Waals surface area contributed by atoms with Crippen LogP contribution < -0.4 is 4.72 Å². The van der Waals surface area contributed by atoms with E-state index in [-0.39, 0.29) is 16.5 Å². The van der Waals surface area contributed by atoms with Crippen LogP contribution in [-0.4, -0.2) is 24.7 Å². The number of rotatable bonds is 6. The van der Waals surface area contributed by atoms with E-state index in [1.807, 2.05) is 30.5 Å². The molecule has 0 saturated carbocycles. The van der Waals surface area contributed by atoms with Crippen LogP contribution >= 0.6 is 34.5 Å². The molecule has 0 aliphatic carbocycles. The van der Waals surface area contributed by atoms with Crippen molar-refractivity contribution in [2.45, 2.75) is 25.3 Å². The predicted octanol–water partition coefficient (Wildman–Crippen LogP) is 4.51. The molecule has 3 aromatic rings. The molecule has 3 rings (SSSR count). The molecule has 2 heterocycles. The molecule has 0 aliphatic heterocycles. The van der Waals surface area contributed by atoms with Gasteiger partial charge in [-0.05, 0) is 49.1 Å². The number of aromatic nitrogens is 2. The summed E-state index contributed by atoms with van der Waals surface area (Å²) < 4.78 is 29.4. The van der Waals surface area contributed by atoms with E-state index >= 15 is 0 Å². The summed E-state index contributed by atoms with van der Waals surface area (Å²) in [6.07, 6.45) is 0. The molecule has 0 fully saturated rings. The third kappa shape index (κ3) is 4.13. The Balaban J connectivity index is 1.71. The van der Waals surface area contributed by atoms with Crippen molar-refractivity contribution in [1.29, 1.82) is 0 Å². The molecule has 0 spiro atoms. The van der Waals surface area contributed by atoms with Crippen molar-refractivity contribution in [2.75, 3.05) is 6.54 Å². The number of thiophene rings is 1. The van der Waals surface area contributed by atoms with E-state index in [9.17, 15) is 8.42 Å². The molecule has 0 unspecified atom stereocenters. The Morgan fingerprint density at radius 2 is 1.96 bits per heavy atom. The fraction of sp³-hybridized carbons (Fsp3) is 0.235. The van der Waals surface area contributed by atoms with Crippen molar-refractivity contribution >= 4 is 44.6 Å². The summed E-state index contributed by atoms with van der Waals surface area (Å²) in [5, 5.41) is 7.07. The lowest BCUT2D eigenvalue weighted by atomic mass is 10.2. The van der Waals surface area contributed by atoms with Gasteiger partial charge < -0.3 is 0 Å². The first-order valence-electron chi connectivity index (χ1n) is 7.81. The van der Waals surface area contributed by atoms with Crippen LogP contribution in [0.15, 0.2) is 40.6 Å². The molecule has 2 aromatic heterocycles. The maximum absolute atomic E-state index is 12.5. The predicted molar refractivity (Wildman–Crippen MR) is 107 cm³/mol. The minimum absolute atomic E-state index is 0.0255. The lowest BCUT2D eigenvalue weighted by molar-refractivity contribution is 0.556. The standard InChI is InChI=1S/C17H17Cl2N3O2S2/c1-11-8-17(14(19)10-13(11)18)26(23,24)20-5-6-22-12(2)9-15(21-22)16-4-3-7-25-16/h3-4,7-10,20H,5-6H2,1-2H3. The average Bonchev–Trinajstić information content (AvgIpc) is 3.21. The molecule has 5 nitrogen and oxygen atoms in total. The molecule has 0 atom stereocenters. The molecule has 0 bridgehead atoms. The van der Waals surface area contributed by atoms with E-state index in [1.165, 1.54) is 12.1 Å². The number of hydrogen-bond donors (Lipinski definition) is 1. The second-order valence-corrected chi connectivity index (χ2v) is 9.30. The fourth-order valence-electron chi connectivity index (χ4n) is 2.48. The van der Waals surface area contributed by atoms with Gasteiger partial charge in [-0.2, -0.15) is 5.10 Å². The van der Waals surface area contributed by atoms with Gasteiger partial charge in [-0.3, -0.25) is 4.68 Å². The number of aryl methyl sites for hydroxylation is 2. The average molecular weight is 430 g/mol. The summed E-state index contributed by atoms with van der Waals surface area (Å²) >= 11 is 13.6. The molecule has 26 heavy (non-hydrogen) atoms. The minimum atomic E-state index is -3.73. The highest BCUT2D eigenvalue weighted by Crippen LogP contribution is 2.28. The molecule has 0 amide bonds. The second-order valence-electron chi connectivity index (χ2n) is 5.80. The maximum Gasteiger partial charge on any atom is 0.242 e. The van der Waals surface area contributed by atoms with E-state index < -0.39 is 10.0 Å². The van der Waals surface area contributed by atoms with Crippen molar-refractivity contribution in [3.63, 3.8) is 0 Å². The van der Waals surface area contributed by atoms with Crippen LogP contribution in [0, 0.1) is 13.8 Å². The van der Waals surface area contributed by atoms with Crippen molar-refractivity contribution in [3.8, 4) is 10.6 Å². The SMILES string of the molecule is Cc1cc(S(=O)(=O)NCCn2nc(-c3cccs3)cc2C)c(Cl)cc1Cl. The Labute approximate surface area is 166 Å². The quantitative estimate of drug-likeness (QED) is 0.626. The first kappa shape index (κ1) is 19.4. The van der Waals surface area contributed by atoms with Crippen LogP contribution in [0.2, 0.25) is 10.0 Å². The number of hydrogen-bond acceptors (Lipinski definition) is 4. The summed E-state index contributed by atoms with van der Waals surface area (Å²) in [4.78, 5) is 1.10. The highest BCUT2D eigenvalue weighted by atomic mass is 35.5. The van der Waals surface area contributed by atoms with Crippen LogP contribution in [0.1, 0.15) is 11.3 Å². The summed E-state index contributed by atoms with van der Waals surface area (Å²) in [5.74, 6) is 0. The van der Waals surface area contributed by atoms with Gasteiger partial charge in [0.2, 0.25) is 10.0 Å². The van der Waals surface area contributed by atoms with Gasteiger partial charge >= 0.3 is 0 Å². The molecule has 1 N–H and O–H groups in total. The van der Waals surface area contributed by atoms with Gasteiger partial charge in [-0.25, -0.2) is 13.1 Å². The number of nitrogens with one attached hydrogen (secondary N) is 1. The van der Waals surface area contributed by atoms with Gasteiger partial charge in [0.25, 0.3) is 0 Å². The first-order valence-corrected chi connectivity index (χ1v) is 10.9. The highest BCUT2D eigenvalue weighted by molar-refractivity contribution is 7.89. The van der Waals surface area contributed by atoms with E-state index in [2.05, 4.69) is 9.82 Å². The highest BCUT2D eigenvalue weighted by Gasteiger charge is 2.19. The van der Waals surface area contributed by atoms with Crippen LogP contribution in [0.4, 0.5) is 0 Å². The molecule has 1 aromatic carbocycles. The Kier molecular flexibility index (Phi) is 5.74. The van der Waals surface area contributed by atoms with Gasteiger partial charge in [0.15, 0.2) is 0 Å². The van der Waals surface area contributed by atoms with Gasteiger partial charge in [0, 0.05) is 17.3 Å². The van der Waals surface area contributed by atoms with E-state index in [1.54, 1.807) is 22.9 Å². The first-order chi connectivity index (χ1) is 12.3. The second kappa shape index (κ2) is 7.70. The van der Waals surface area contributed by atoms with Gasteiger partial charge in [0.05, 0.1) is 16.4 Å². The zero-order chi connectivity index (χ0) is 18.9. The lowest BCUT2D eigenvalue weighted by Gasteiger charge is -2.11. The lowest BCUT2D eigenvalue weighted by Crippen LogP contribution is -2.28.